The molecular weight excluding hydrogens is 485 g/mol. The van der Waals surface area contributed by atoms with Gasteiger partial charge in [0.05, 0.1) is 19.2 Å². The number of esters is 2. The number of aromatic amines is 1. The van der Waals surface area contributed by atoms with Crippen LogP contribution in [0.3, 0.4) is 0 Å². The van der Waals surface area contributed by atoms with Crippen LogP contribution in [0, 0.1) is 0 Å². The number of carbonyl (C=O) groups is 2. The molecule has 0 saturated heterocycles. The van der Waals surface area contributed by atoms with Gasteiger partial charge in [-0.3, -0.25) is 19.1 Å². The van der Waals surface area contributed by atoms with Crippen LogP contribution >= 0.6 is 0 Å². The van der Waals surface area contributed by atoms with Crippen LogP contribution < -0.4 is 0 Å². The van der Waals surface area contributed by atoms with Gasteiger partial charge in [-0.25, -0.2) is 19.9 Å². The number of nitrogens with zero attached hydrogens (tertiary/aromatic N) is 7. The summed E-state index contributed by atoms with van der Waals surface area (Å²) in [5.74, 6) is -2.48. The van der Waals surface area contributed by atoms with Crippen molar-refractivity contribution in [3.8, 4) is 22.9 Å². The fourth-order valence-electron chi connectivity index (χ4n) is 3.16. The summed E-state index contributed by atoms with van der Waals surface area (Å²) < 4.78 is 52.3. The Balaban J connectivity index is 1.51. The number of nitrogens with one attached hydrogen (secondary N) is 1. The quantitative estimate of drug-likeness (QED) is 0.374. The first-order valence-corrected chi connectivity index (χ1v) is 10.6. The Labute approximate surface area is 201 Å². The lowest BCUT2D eigenvalue weighted by atomic mass is 10.2. The van der Waals surface area contributed by atoms with Crippen molar-refractivity contribution in [1.29, 1.82) is 0 Å². The van der Waals surface area contributed by atoms with E-state index in [4.69, 9.17) is 9.47 Å². The normalized spacial score (nSPS) is 12.2. The van der Waals surface area contributed by atoms with Crippen LogP contribution in [0.5, 0.6) is 0 Å². The van der Waals surface area contributed by atoms with Gasteiger partial charge >= 0.3 is 18.1 Å². The largest absolute Gasteiger partial charge is 0.460 e. The highest BCUT2D eigenvalue weighted by Gasteiger charge is 2.37. The minimum absolute atomic E-state index is 0.0521. The molecule has 0 radical (unpaired) electrons. The number of hydrogen-bond acceptors (Lipinski definition) is 9. The number of imidazole rings is 2. The highest BCUT2D eigenvalue weighted by Crippen LogP contribution is 2.32. The molecule has 15 heteroatoms. The molecule has 36 heavy (non-hydrogen) atoms. The minimum atomic E-state index is -4.73. The number of fused-ring (bicyclic) bond motifs is 1. The highest BCUT2D eigenvalue weighted by molar-refractivity contribution is 5.78. The van der Waals surface area contributed by atoms with E-state index in [1.807, 2.05) is 0 Å². The van der Waals surface area contributed by atoms with Crippen molar-refractivity contribution >= 4 is 17.7 Å². The van der Waals surface area contributed by atoms with Crippen molar-refractivity contribution in [2.45, 2.75) is 52.1 Å². The van der Waals surface area contributed by atoms with Crippen LogP contribution in [0.1, 0.15) is 39.4 Å². The number of halogens is 3. The average Bonchev–Trinajstić information content (AvgIpc) is 3.52. The molecule has 0 aliphatic carbocycles. The van der Waals surface area contributed by atoms with E-state index in [1.54, 1.807) is 33.0 Å². The van der Waals surface area contributed by atoms with Gasteiger partial charge in [0, 0.05) is 18.6 Å². The van der Waals surface area contributed by atoms with Crippen molar-refractivity contribution in [3.05, 3.63) is 36.8 Å². The molecule has 4 rings (SSSR count). The molecule has 4 heterocycles. The van der Waals surface area contributed by atoms with Gasteiger partial charge < -0.3 is 14.0 Å². The van der Waals surface area contributed by atoms with Crippen LogP contribution in [0.15, 0.2) is 31.0 Å². The number of carbonyl (C=O) groups excluding carboxylic acids is 2. The zero-order valence-corrected chi connectivity index (χ0v) is 19.4. The summed E-state index contributed by atoms with van der Waals surface area (Å²) >= 11 is 0. The van der Waals surface area contributed by atoms with Gasteiger partial charge in [0.25, 0.3) is 5.82 Å². The molecule has 0 fully saturated rings. The standard InChI is InChI=1S/C21H21F3N8O4/c1-20(2,3)36-14(34)6-5-13(33)35-11-31-9-12(26-10-31)16-15(27-19-25-7-4-8-32(16)19)17-28-18(30-29-17)21(22,23)24/h4,7-10H,5-6,11H2,1-3H3,(H,28,29,30). The van der Waals surface area contributed by atoms with Crippen LogP contribution in [0.25, 0.3) is 28.7 Å². The monoisotopic (exact) mass is 506 g/mol. The van der Waals surface area contributed by atoms with Gasteiger partial charge in [0.15, 0.2) is 12.6 Å². The van der Waals surface area contributed by atoms with Crippen LogP contribution in [0.4, 0.5) is 13.2 Å². The van der Waals surface area contributed by atoms with E-state index in [-0.39, 0.29) is 36.9 Å². The number of H-pyrrole nitrogens is 1. The first-order chi connectivity index (χ1) is 16.9. The predicted octanol–water partition coefficient (Wildman–Crippen LogP) is 3.02. The summed E-state index contributed by atoms with van der Waals surface area (Å²) in [6.45, 7) is 4.97. The lowest BCUT2D eigenvalue weighted by Crippen LogP contribution is -2.24. The molecule has 0 unspecified atom stereocenters. The van der Waals surface area contributed by atoms with Gasteiger partial charge in [-0.05, 0) is 26.8 Å². The molecule has 0 spiro atoms. The second kappa shape index (κ2) is 9.39. The molecule has 0 saturated carbocycles. The van der Waals surface area contributed by atoms with E-state index in [9.17, 15) is 22.8 Å². The Bertz CT molecular complexity index is 1400. The van der Waals surface area contributed by atoms with Gasteiger partial charge in [0.1, 0.15) is 22.7 Å². The zero-order valence-electron chi connectivity index (χ0n) is 19.4. The zero-order chi connectivity index (χ0) is 26.1. The molecule has 190 valence electrons. The molecule has 0 amide bonds. The van der Waals surface area contributed by atoms with Crippen LogP contribution in [0.2, 0.25) is 0 Å². The molecule has 4 aromatic heterocycles. The average molecular weight is 506 g/mol. The van der Waals surface area contributed by atoms with Gasteiger partial charge in [-0.2, -0.15) is 13.2 Å². The van der Waals surface area contributed by atoms with E-state index in [2.05, 4.69) is 30.1 Å². The van der Waals surface area contributed by atoms with Crippen LogP contribution in [-0.4, -0.2) is 56.6 Å². The van der Waals surface area contributed by atoms with E-state index >= 15 is 0 Å². The fourth-order valence-corrected chi connectivity index (χ4v) is 3.16. The third-order valence-electron chi connectivity index (χ3n) is 4.57. The summed E-state index contributed by atoms with van der Waals surface area (Å²) in [7, 11) is 0. The number of alkyl halides is 3. The van der Waals surface area contributed by atoms with Gasteiger partial charge in [0.2, 0.25) is 5.78 Å². The summed E-state index contributed by atoms with van der Waals surface area (Å²) in [6, 6.07) is 1.62. The van der Waals surface area contributed by atoms with E-state index in [0.29, 0.717) is 11.4 Å². The molecule has 0 aromatic carbocycles. The first kappa shape index (κ1) is 24.8. The summed E-state index contributed by atoms with van der Waals surface area (Å²) in [5, 5.41) is 5.48. The molecule has 0 aliphatic rings. The van der Waals surface area contributed by atoms with E-state index < -0.39 is 29.5 Å². The lowest BCUT2D eigenvalue weighted by molar-refractivity contribution is -0.159. The van der Waals surface area contributed by atoms with Crippen molar-refractivity contribution in [2.75, 3.05) is 0 Å². The predicted molar refractivity (Wildman–Crippen MR) is 116 cm³/mol. The summed E-state index contributed by atoms with van der Waals surface area (Å²) in [5.41, 5.74) is 0.00927. The number of aromatic nitrogens is 8. The second-order valence-corrected chi connectivity index (χ2v) is 8.61. The van der Waals surface area contributed by atoms with E-state index in [0.717, 1.165) is 0 Å². The molecule has 4 aromatic rings. The molecule has 0 bridgehead atoms. The van der Waals surface area contributed by atoms with Crippen LogP contribution in [-0.2, 0) is 32.0 Å². The maximum atomic E-state index is 13.0. The van der Waals surface area contributed by atoms with E-state index in [1.165, 1.54) is 27.7 Å². The Morgan fingerprint density at radius 3 is 2.53 bits per heavy atom. The maximum absolute atomic E-state index is 13.0. The molecule has 12 nitrogen and oxygen atoms in total. The van der Waals surface area contributed by atoms with Crippen molar-refractivity contribution in [3.63, 3.8) is 0 Å². The summed E-state index contributed by atoms with van der Waals surface area (Å²) in [6.07, 6.45) is 0.964. The molecular formula is C21H21F3N8O4. The topological polar surface area (TPSA) is 142 Å². The SMILES string of the molecule is CC(C)(C)OC(=O)CCC(=O)OCn1cnc(-c2c(-c3nc(C(F)(F)F)n[nH]3)nc3ncccn23)c1. The molecule has 0 atom stereocenters. The van der Waals surface area contributed by atoms with Gasteiger partial charge in [-0.1, -0.05) is 0 Å². The fraction of sp³-hybridized carbons (Fsp3) is 0.381. The summed E-state index contributed by atoms with van der Waals surface area (Å²) in [4.78, 5) is 40.0. The second-order valence-electron chi connectivity index (χ2n) is 8.61. The number of hydrogen-bond donors (Lipinski definition) is 1. The third-order valence-corrected chi connectivity index (χ3v) is 4.57. The van der Waals surface area contributed by atoms with Crippen molar-refractivity contribution in [1.82, 2.24) is 39.1 Å². The van der Waals surface area contributed by atoms with Crippen molar-refractivity contribution in [2.24, 2.45) is 0 Å². The Morgan fingerprint density at radius 2 is 1.83 bits per heavy atom. The molecule has 1 N–H and O–H groups in total. The Kier molecular flexibility index (Phi) is 6.47. The maximum Gasteiger partial charge on any atom is 0.453 e. The lowest BCUT2D eigenvalue weighted by Gasteiger charge is -2.19. The smallest absolute Gasteiger partial charge is 0.453 e. The number of rotatable bonds is 7. The number of ether oxygens (including phenoxy) is 2. The minimum Gasteiger partial charge on any atom is -0.460 e. The Morgan fingerprint density at radius 1 is 1.08 bits per heavy atom. The first-order valence-electron chi connectivity index (χ1n) is 10.6. The third kappa shape index (κ3) is 5.67. The van der Waals surface area contributed by atoms with Gasteiger partial charge in [-0.15, -0.1) is 5.10 Å². The Hall–Kier alpha value is -4.30. The van der Waals surface area contributed by atoms with Crippen molar-refractivity contribution < 1.29 is 32.2 Å². The molecule has 0 aliphatic heterocycles. The highest BCUT2D eigenvalue weighted by atomic mass is 19.4.